The summed E-state index contributed by atoms with van der Waals surface area (Å²) in [6, 6.07) is -1.36. The Labute approximate surface area is 148 Å². The maximum absolute atomic E-state index is 11.3. The van der Waals surface area contributed by atoms with Crippen molar-refractivity contribution < 1.29 is 54.5 Å². The lowest BCUT2D eigenvalue weighted by atomic mass is 9.88. The molecule has 1 fully saturated rings. The Balaban J connectivity index is 2.97. The van der Waals surface area contributed by atoms with Crippen LogP contribution < -0.4 is 5.32 Å². The molecule has 12 heteroatoms. The van der Waals surface area contributed by atoms with Gasteiger partial charge in [-0.2, -0.15) is 0 Å². The molecule has 1 aliphatic rings. The minimum absolute atomic E-state index is 0.648. The minimum Gasteiger partial charge on any atom is -0.477 e. The van der Waals surface area contributed by atoms with Crippen LogP contribution in [0.3, 0.4) is 0 Å². The maximum Gasteiger partial charge on any atom is 0.364 e. The van der Waals surface area contributed by atoms with Crippen molar-refractivity contribution in [1.82, 2.24) is 5.32 Å². The molecule has 1 heterocycles. The number of ether oxygens (including phenoxy) is 2. The fraction of sp³-hybridized carbons (Fsp3) is 0.786. The van der Waals surface area contributed by atoms with Crippen molar-refractivity contribution in [2.75, 3.05) is 6.61 Å². The summed E-state index contributed by atoms with van der Waals surface area (Å²) in [5, 5.41) is 60.5. The van der Waals surface area contributed by atoms with Crippen molar-refractivity contribution in [3.63, 3.8) is 0 Å². The Morgan fingerprint density at radius 2 is 1.88 bits per heavy atom. The molecule has 12 nitrogen and oxygen atoms in total. The number of hydrogen-bond acceptors (Lipinski definition) is 10. The minimum atomic E-state index is -2.87. The zero-order chi connectivity index (χ0) is 20.2. The van der Waals surface area contributed by atoms with E-state index in [1.807, 2.05) is 0 Å². The number of carboxylic acid groups (broad SMARTS) is 1. The van der Waals surface area contributed by atoms with E-state index in [0.717, 1.165) is 13.8 Å². The molecule has 0 aromatic rings. The van der Waals surface area contributed by atoms with Gasteiger partial charge in [0.05, 0.1) is 12.1 Å². The van der Waals surface area contributed by atoms with Gasteiger partial charge in [-0.25, -0.2) is 9.59 Å². The maximum atomic E-state index is 11.3. The molecule has 26 heavy (non-hydrogen) atoms. The highest BCUT2D eigenvalue weighted by Crippen LogP contribution is 2.30. The number of esters is 1. The first-order valence-corrected chi connectivity index (χ1v) is 7.68. The number of hydrogen-bond donors (Lipinski definition) is 7. The van der Waals surface area contributed by atoms with Gasteiger partial charge in [0.1, 0.15) is 31.0 Å². The van der Waals surface area contributed by atoms with Gasteiger partial charge in [-0.05, 0) is 6.92 Å². The highest BCUT2D eigenvalue weighted by atomic mass is 16.7. The summed E-state index contributed by atoms with van der Waals surface area (Å²) in [7, 11) is 0. The van der Waals surface area contributed by atoms with E-state index in [4.69, 9.17) is 14.9 Å². The number of carbonyl (C=O) groups excluding carboxylic acids is 2. The molecule has 7 N–H and O–H groups in total. The van der Waals surface area contributed by atoms with E-state index in [-0.39, 0.29) is 0 Å². The van der Waals surface area contributed by atoms with Crippen LogP contribution in [0.1, 0.15) is 20.3 Å². The molecule has 0 radical (unpaired) electrons. The van der Waals surface area contributed by atoms with E-state index in [1.165, 1.54) is 0 Å². The van der Waals surface area contributed by atoms with Gasteiger partial charge >= 0.3 is 11.9 Å². The van der Waals surface area contributed by atoms with Gasteiger partial charge in [0.15, 0.2) is 0 Å². The topological polar surface area (TPSA) is 203 Å². The molecule has 0 spiro atoms. The Morgan fingerprint density at radius 1 is 1.31 bits per heavy atom. The van der Waals surface area contributed by atoms with Gasteiger partial charge in [-0.15, -0.1) is 0 Å². The van der Waals surface area contributed by atoms with Crippen LogP contribution in [-0.2, 0) is 23.9 Å². The van der Waals surface area contributed by atoms with Crippen LogP contribution in [-0.4, -0.2) is 97.4 Å². The summed E-state index contributed by atoms with van der Waals surface area (Å²) in [4.78, 5) is 33.6. The lowest BCUT2D eigenvalue weighted by Gasteiger charge is -2.44. The number of carbonyl (C=O) groups is 3. The van der Waals surface area contributed by atoms with Crippen LogP contribution in [0.5, 0.6) is 0 Å². The molecule has 0 saturated carbocycles. The fourth-order valence-corrected chi connectivity index (χ4v) is 2.41. The number of aliphatic carboxylic acids is 1. The summed E-state index contributed by atoms with van der Waals surface area (Å²) in [5.41, 5.74) is 0. The van der Waals surface area contributed by atoms with E-state index in [0.29, 0.717) is 0 Å². The summed E-state index contributed by atoms with van der Waals surface area (Å²) in [5.74, 6) is -6.44. The highest BCUT2D eigenvalue weighted by Gasteiger charge is 2.54. The average Bonchev–Trinajstić information content (AvgIpc) is 2.53. The van der Waals surface area contributed by atoms with E-state index >= 15 is 0 Å². The molecule has 1 rings (SSSR count). The highest BCUT2D eigenvalue weighted by molar-refractivity contribution is 5.76. The van der Waals surface area contributed by atoms with Crippen LogP contribution in [0.15, 0.2) is 0 Å². The van der Waals surface area contributed by atoms with E-state index in [9.17, 15) is 34.8 Å². The van der Waals surface area contributed by atoms with Crippen LogP contribution in [0.25, 0.3) is 0 Å². The normalized spacial score (nSPS) is 32.2. The predicted molar refractivity (Wildman–Crippen MR) is 80.3 cm³/mol. The number of carboxylic acids is 1. The first kappa shape index (κ1) is 22.2. The number of rotatable bonds is 7. The zero-order valence-electron chi connectivity index (χ0n) is 14.1. The number of aliphatic hydroxyl groups excluding tert-OH is 4. The molecule has 1 unspecified atom stereocenters. The summed E-state index contributed by atoms with van der Waals surface area (Å²) < 4.78 is 9.47. The largest absolute Gasteiger partial charge is 0.477 e. The Bertz CT molecular complexity index is 539. The molecule has 1 saturated heterocycles. The molecule has 150 valence electrons. The van der Waals surface area contributed by atoms with Gasteiger partial charge in [-0.3, -0.25) is 4.79 Å². The van der Waals surface area contributed by atoms with E-state index < -0.39 is 73.2 Å². The molecule has 0 aliphatic carbocycles. The third-order valence-corrected chi connectivity index (χ3v) is 3.76. The smallest absolute Gasteiger partial charge is 0.364 e. The molecule has 1 amide bonds. The SMILES string of the molecule is CC(=O)N[C@H]1[C@H]([C@H](O)[C@H](O)COC(=O)C(C)O)O[C@](O)(C(=O)O)C[C@@H]1O. The number of aliphatic hydroxyl groups is 5. The summed E-state index contributed by atoms with van der Waals surface area (Å²) in [6.45, 7) is 1.42. The molecule has 0 bridgehead atoms. The first-order valence-electron chi connectivity index (χ1n) is 7.68. The predicted octanol–water partition coefficient (Wildman–Crippen LogP) is -3.94. The molecule has 0 aromatic carbocycles. The third kappa shape index (κ3) is 5.33. The molecule has 1 aliphatic heterocycles. The lowest BCUT2D eigenvalue weighted by Crippen LogP contribution is -2.67. The number of amides is 1. The second-order valence-corrected chi connectivity index (χ2v) is 6.03. The van der Waals surface area contributed by atoms with Crippen molar-refractivity contribution in [1.29, 1.82) is 0 Å². The molecule has 0 aromatic heterocycles. The monoisotopic (exact) mass is 381 g/mol. The van der Waals surface area contributed by atoms with Crippen molar-refractivity contribution >= 4 is 17.8 Å². The first-order chi connectivity index (χ1) is 11.9. The molecular weight excluding hydrogens is 358 g/mol. The van der Waals surface area contributed by atoms with Gasteiger partial charge in [0.25, 0.3) is 5.79 Å². The van der Waals surface area contributed by atoms with Crippen molar-refractivity contribution in [2.45, 2.75) is 62.6 Å². The van der Waals surface area contributed by atoms with Crippen LogP contribution in [0, 0.1) is 0 Å². The molecule has 7 atom stereocenters. The Morgan fingerprint density at radius 3 is 2.35 bits per heavy atom. The van der Waals surface area contributed by atoms with Gasteiger partial charge in [0, 0.05) is 13.3 Å². The van der Waals surface area contributed by atoms with Crippen molar-refractivity contribution in [2.24, 2.45) is 0 Å². The third-order valence-electron chi connectivity index (χ3n) is 3.76. The second kappa shape index (κ2) is 8.70. The van der Waals surface area contributed by atoms with Gasteiger partial charge in [0.2, 0.25) is 5.91 Å². The fourth-order valence-electron chi connectivity index (χ4n) is 2.41. The average molecular weight is 381 g/mol. The standard InChI is InChI=1S/C14H23NO11/c1-5(16)12(21)25-4-8(19)10(20)11-9(15-6(2)17)7(18)3-14(24,26-11)13(22)23/h5,7-11,16,18-20,24H,3-4H2,1-2H3,(H,15,17)(H,22,23)/t5?,7-,8+,9+,10+,11+,14-/m0/s1. The van der Waals surface area contributed by atoms with Crippen LogP contribution in [0.4, 0.5) is 0 Å². The lowest BCUT2D eigenvalue weighted by molar-refractivity contribution is -0.295. The van der Waals surface area contributed by atoms with E-state index in [1.54, 1.807) is 0 Å². The molecular formula is C14H23NO11. The quantitative estimate of drug-likeness (QED) is 0.212. The van der Waals surface area contributed by atoms with Crippen LogP contribution >= 0.6 is 0 Å². The van der Waals surface area contributed by atoms with Gasteiger partial charge < -0.3 is 45.4 Å². The van der Waals surface area contributed by atoms with Gasteiger partial charge in [-0.1, -0.05) is 0 Å². The van der Waals surface area contributed by atoms with Crippen LogP contribution in [0.2, 0.25) is 0 Å². The summed E-state index contributed by atoms with van der Waals surface area (Å²) in [6.07, 6.45) is -9.44. The zero-order valence-corrected chi connectivity index (χ0v) is 14.1. The summed E-state index contributed by atoms with van der Waals surface area (Å²) >= 11 is 0. The number of nitrogens with one attached hydrogen (secondary N) is 1. The second-order valence-electron chi connectivity index (χ2n) is 6.03. The van der Waals surface area contributed by atoms with Crippen molar-refractivity contribution in [3.8, 4) is 0 Å². The Hall–Kier alpha value is -1.83. The Kier molecular flexibility index (Phi) is 7.44. The van der Waals surface area contributed by atoms with E-state index in [2.05, 4.69) is 10.1 Å². The van der Waals surface area contributed by atoms with Crippen molar-refractivity contribution in [3.05, 3.63) is 0 Å².